The van der Waals surface area contributed by atoms with Gasteiger partial charge in [-0.15, -0.1) is 0 Å². The van der Waals surface area contributed by atoms with E-state index < -0.39 is 28.9 Å². The number of H-pyrrole nitrogens is 1. The summed E-state index contributed by atoms with van der Waals surface area (Å²) in [5, 5.41) is 10.0. The topological polar surface area (TPSA) is 73.4 Å². The largest absolute Gasteiger partial charge is 0.388 e. The monoisotopic (exact) mass is 308 g/mol. The molecule has 2 aromatic rings. The van der Waals surface area contributed by atoms with E-state index in [0.717, 1.165) is 12.1 Å². The van der Waals surface area contributed by atoms with Crippen molar-refractivity contribution in [2.45, 2.75) is 18.9 Å². The van der Waals surface area contributed by atoms with Gasteiger partial charge in [0.1, 0.15) is 0 Å². The molecule has 116 valence electrons. The third-order valence-corrected chi connectivity index (χ3v) is 3.90. The van der Waals surface area contributed by atoms with E-state index in [1.54, 1.807) is 6.92 Å². The molecule has 1 aliphatic heterocycles. The second-order valence-electron chi connectivity index (χ2n) is 5.82. The lowest BCUT2D eigenvalue weighted by Gasteiger charge is -2.18. The van der Waals surface area contributed by atoms with Gasteiger partial charge >= 0.3 is 0 Å². The van der Waals surface area contributed by atoms with Crippen LogP contribution in [0.4, 0.5) is 8.78 Å². The van der Waals surface area contributed by atoms with Crippen molar-refractivity contribution >= 4 is 22.6 Å². The van der Waals surface area contributed by atoms with Gasteiger partial charge in [0.15, 0.2) is 11.6 Å². The number of fused-ring (bicyclic) bond motifs is 1. The van der Waals surface area contributed by atoms with Gasteiger partial charge in [-0.05, 0) is 19.4 Å². The average Bonchev–Trinajstić information content (AvgIpc) is 3.01. The molecule has 1 atom stereocenters. The lowest BCUT2D eigenvalue weighted by atomic mass is 10.1. The lowest BCUT2D eigenvalue weighted by molar-refractivity contribution is -0.126. The Morgan fingerprint density at radius 3 is 2.64 bits per heavy atom. The van der Waals surface area contributed by atoms with E-state index in [9.17, 15) is 23.5 Å². The first-order valence-electron chi connectivity index (χ1n) is 6.81. The van der Waals surface area contributed by atoms with Crippen LogP contribution in [-0.4, -0.2) is 45.4 Å². The van der Waals surface area contributed by atoms with E-state index in [-0.39, 0.29) is 29.6 Å². The quantitative estimate of drug-likeness (QED) is 0.654. The number of Topliss-reactive ketones (excluding diaryl/α,β-unsaturated/α-hetero) is 1. The number of ketones is 1. The Labute approximate surface area is 124 Å². The maximum absolute atomic E-state index is 13.3. The SMILES string of the molecule is C[C@@]1(O)CCN(C(=O)C(=O)c2c[nH]c3cc(F)c(F)cc23)C1. The van der Waals surface area contributed by atoms with Gasteiger partial charge in [-0.1, -0.05) is 0 Å². The molecule has 5 nitrogen and oxygen atoms in total. The standard InChI is InChI=1S/C15H14F2N2O3/c1-15(22)2-3-19(7-15)14(21)13(20)9-6-18-12-5-11(17)10(16)4-8(9)12/h4-6,18,22H,2-3,7H2,1H3/t15-/m1/s1. The molecule has 3 rings (SSSR count). The fraction of sp³-hybridized carbons (Fsp3) is 0.333. The van der Waals surface area contributed by atoms with E-state index >= 15 is 0 Å². The first-order valence-corrected chi connectivity index (χ1v) is 6.81. The fourth-order valence-electron chi connectivity index (χ4n) is 2.68. The number of nitrogens with one attached hydrogen (secondary N) is 1. The molecule has 1 aliphatic rings. The Bertz CT molecular complexity index is 782. The predicted octanol–water partition coefficient (Wildman–Crippen LogP) is 1.61. The van der Waals surface area contributed by atoms with Gasteiger partial charge in [-0.2, -0.15) is 0 Å². The fourth-order valence-corrected chi connectivity index (χ4v) is 2.68. The van der Waals surface area contributed by atoms with Crippen LogP contribution in [0.15, 0.2) is 18.3 Å². The van der Waals surface area contributed by atoms with Crippen molar-refractivity contribution in [1.29, 1.82) is 0 Å². The van der Waals surface area contributed by atoms with E-state index in [1.165, 1.54) is 11.1 Å². The Morgan fingerprint density at radius 2 is 2.00 bits per heavy atom. The van der Waals surface area contributed by atoms with E-state index in [2.05, 4.69) is 4.98 Å². The van der Waals surface area contributed by atoms with E-state index in [4.69, 9.17) is 0 Å². The zero-order valence-corrected chi connectivity index (χ0v) is 11.8. The molecule has 0 bridgehead atoms. The molecule has 7 heteroatoms. The number of aromatic amines is 1. The molecule has 1 aromatic heterocycles. The second kappa shape index (κ2) is 4.88. The van der Waals surface area contributed by atoms with Gasteiger partial charge in [0.2, 0.25) is 0 Å². The molecule has 0 radical (unpaired) electrons. The summed E-state index contributed by atoms with van der Waals surface area (Å²) < 4.78 is 26.5. The third-order valence-electron chi connectivity index (χ3n) is 3.90. The number of halogens is 2. The number of hydrogen-bond acceptors (Lipinski definition) is 3. The molecule has 1 fully saturated rings. The van der Waals surface area contributed by atoms with Crippen LogP contribution in [0.2, 0.25) is 0 Å². The van der Waals surface area contributed by atoms with Crippen molar-refractivity contribution in [2.75, 3.05) is 13.1 Å². The summed E-state index contributed by atoms with van der Waals surface area (Å²) in [6, 6.07) is 1.83. The molecule has 0 aliphatic carbocycles. The van der Waals surface area contributed by atoms with Gasteiger partial charge in [-0.3, -0.25) is 9.59 Å². The number of carbonyl (C=O) groups excluding carboxylic acids is 2. The van der Waals surface area contributed by atoms with Crippen LogP contribution in [0.25, 0.3) is 10.9 Å². The maximum Gasteiger partial charge on any atom is 0.295 e. The van der Waals surface area contributed by atoms with Gasteiger partial charge in [-0.25, -0.2) is 8.78 Å². The highest BCUT2D eigenvalue weighted by atomic mass is 19.2. The van der Waals surface area contributed by atoms with Crippen LogP contribution < -0.4 is 0 Å². The van der Waals surface area contributed by atoms with Crippen LogP contribution in [-0.2, 0) is 4.79 Å². The molecular weight excluding hydrogens is 294 g/mol. The zero-order valence-electron chi connectivity index (χ0n) is 11.8. The van der Waals surface area contributed by atoms with Crippen molar-refractivity contribution in [3.8, 4) is 0 Å². The minimum absolute atomic E-state index is 0.00885. The number of amides is 1. The van der Waals surface area contributed by atoms with Gasteiger partial charge < -0.3 is 15.0 Å². The minimum atomic E-state index is -1.09. The summed E-state index contributed by atoms with van der Waals surface area (Å²) in [7, 11) is 0. The molecule has 1 aromatic carbocycles. The molecule has 2 N–H and O–H groups in total. The highest BCUT2D eigenvalue weighted by Crippen LogP contribution is 2.25. The highest BCUT2D eigenvalue weighted by molar-refractivity contribution is 6.44. The first-order chi connectivity index (χ1) is 10.3. The number of hydrogen-bond donors (Lipinski definition) is 2. The van der Waals surface area contributed by atoms with Crippen molar-refractivity contribution in [3.63, 3.8) is 0 Å². The number of β-amino-alcohol motifs (C(OH)–C–C–N with tert-alkyl or cyclic N) is 1. The number of likely N-dealkylation sites (tertiary alicyclic amines) is 1. The Hall–Kier alpha value is -2.28. The minimum Gasteiger partial charge on any atom is -0.388 e. The van der Waals surface area contributed by atoms with Crippen molar-refractivity contribution in [3.05, 3.63) is 35.5 Å². The number of aromatic nitrogens is 1. The van der Waals surface area contributed by atoms with Crippen LogP contribution in [0.3, 0.4) is 0 Å². The summed E-state index contributed by atoms with van der Waals surface area (Å²) in [4.78, 5) is 28.4. The van der Waals surface area contributed by atoms with E-state index in [0.29, 0.717) is 6.42 Å². The van der Waals surface area contributed by atoms with Gasteiger partial charge in [0.25, 0.3) is 11.7 Å². The normalized spacial score (nSPS) is 21.5. The zero-order chi connectivity index (χ0) is 16.1. The molecule has 1 saturated heterocycles. The molecule has 0 spiro atoms. The van der Waals surface area contributed by atoms with Gasteiger partial charge in [0, 0.05) is 36.3 Å². The molecule has 0 saturated carbocycles. The van der Waals surface area contributed by atoms with Crippen LogP contribution in [0.5, 0.6) is 0 Å². The summed E-state index contributed by atoms with van der Waals surface area (Å²) in [5.41, 5.74) is -0.778. The molecule has 1 amide bonds. The van der Waals surface area contributed by atoms with Gasteiger partial charge in [0.05, 0.1) is 11.2 Å². The summed E-state index contributed by atoms with van der Waals surface area (Å²) in [6.45, 7) is 1.94. The Morgan fingerprint density at radius 1 is 1.32 bits per heavy atom. The third kappa shape index (κ3) is 2.37. The summed E-state index contributed by atoms with van der Waals surface area (Å²) in [5.74, 6) is -3.69. The predicted molar refractivity (Wildman–Crippen MR) is 74.4 cm³/mol. The number of nitrogens with zero attached hydrogens (tertiary/aromatic N) is 1. The van der Waals surface area contributed by atoms with E-state index in [1.807, 2.05) is 0 Å². The highest BCUT2D eigenvalue weighted by Gasteiger charge is 2.37. The van der Waals surface area contributed by atoms with Crippen LogP contribution >= 0.6 is 0 Å². The Balaban J connectivity index is 1.93. The summed E-state index contributed by atoms with van der Waals surface area (Å²) >= 11 is 0. The van der Waals surface area contributed by atoms with Crippen LogP contribution in [0, 0.1) is 11.6 Å². The molecule has 2 heterocycles. The molecule has 0 unspecified atom stereocenters. The number of carbonyl (C=O) groups is 2. The Kier molecular flexibility index (Phi) is 3.25. The smallest absolute Gasteiger partial charge is 0.295 e. The number of benzene rings is 1. The number of aliphatic hydroxyl groups is 1. The van der Waals surface area contributed by atoms with Crippen molar-refractivity contribution in [2.24, 2.45) is 0 Å². The number of rotatable bonds is 2. The second-order valence-corrected chi connectivity index (χ2v) is 5.82. The average molecular weight is 308 g/mol. The summed E-state index contributed by atoms with van der Waals surface area (Å²) in [6.07, 6.45) is 1.65. The lowest BCUT2D eigenvalue weighted by Crippen LogP contribution is -2.37. The molecule has 22 heavy (non-hydrogen) atoms. The molecular formula is C15H14F2N2O3. The van der Waals surface area contributed by atoms with Crippen molar-refractivity contribution < 1.29 is 23.5 Å². The van der Waals surface area contributed by atoms with Crippen molar-refractivity contribution in [1.82, 2.24) is 9.88 Å². The first kappa shape index (κ1) is 14.6. The van der Waals surface area contributed by atoms with Crippen LogP contribution in [0.1, 0.15) is 23.7 Å². The maximum atomic E-state index is 13.3.